The first-order valence-electron chi connectivity index (χ1n) is 9.67. The molecule has 0 bridgehead atoms. The van der Waals surface area contributed by atoms with Crippen LogP contribution < -0.4 is 4.90 Å². The fraction of sp³-hybridized carbons (Fsp3) is 0.217. The number of nitrogens with zero attached hydrogens (tertiary/aromatic N) is 3. The van der Waals surface area contributed by atoms with Crippen LogP contribution in [0.5, 0.6) is 0 Å². The fourth-order valence-electron chi connectivity index (χ4n) is 4.22. The minimum Gasteiger partial charge on any atom is -0.356 e. The standard InChI is InChI=1S/C23H21ClN4/c24-19-8-4-7-18(13-19)20-14-25-22-21(20)23(27-15-26-22)28-11-9-17(10-12-28)16-5-2-1-3-6-16/h1-8,13-15,17H,9-12H2,(H,25,26,27). The molecule has 0 aliphatic carbocycles. The highest BCUT2D eigenvalue weighted by Gasteiger charge is 2.24. The SMILES string of the molecule is Clc1cccc(-c2c[nH]c3ncnc(N4CCC(c5ccccc5)CC4)c23)c1. The van der Waals surface area contributed by atoms with Crippen LogP contribution in [0.3, 0.4) is 0 Å². The van der Waals surface area contributed by atoms with Crippen molar-refractivity contribution in [3.05, 3.63) is 77.7 Å². The van der Waals surface area contributed by atoms with Gasteiger partial charge in [-0.1, -0.05) is 54.1 Å². The molecule has 0 radical (unpaired) electrons. The Morgan fingerprint density at radius 3 is 2.57 bits per heavy atom. The predicted molar refractivity (Wildman–Crippen MR) is 115 cm³/mol. The third-order valence-electron chi connectivity index (χ3n) is 5.65. The highest BCUT2D eigenvalue weighted by atomic mass is 35.5. The first kappa shape index (κ1) is 17.3. The molecule has 28 heavy (non-hydrogen) atoms. The van der Waals surface area contributed by atoms with Gasteiger partial charge in [-0.15, -0.1) is 0 Å². The molecule has 1 N–H and O–H groups in total. The summed E-state index contributed by atoms with van der Waals surface area (Å²) in [5.41, 5.74) is 4.48. The molecule has 1 fully saturated rings. The van der Waals surface area contributed by atoms with Crippen LogP contribution >= 0.6 is 11.6 Å². The molecule has 5 rings (SSSR count). The van der Waals surface area contributed by atoms with E-state index in [4.69, 9.17) is 11.6 Å². The van der Waals surface area contributed by atoms with Gasteiger partial charge in [-0.25, -0.2) is 9.97 Å². The van der Waals surface area contributed by atoms with Crippen LogP contribution in [0.1, 0.15) is 24.3 Å². The van der Waals surface area contributed by atoms with Gasteiger partial charge < -0.3 is 9.88 Å². The third-order valence-corrected chi connectivity index (χ3v) is 5.89. The average molecular weight is 389 g/mol. The summed E-state index contributed by atoms with van der Waals surface area (Å²) in [5, 5.41) is 1.80. The summed E-state index contributed by atoms with van der Waals surface area (Å²) < 4.78 is 0. The van der Waals surface area contributed by atoms with Gasteiger partial charge in [0.15, 0.2) is 0 Å². The second-order valence-corrected chi connectivity index (χ2v) is 7.74. The van der Waals surface area contributed by atoms with E-state index in [0.29, 0.717) is 5.92 Å². The highest BCUT2D eigenvalue weighted by molar-refractivity contribution is 6.31. The van der Waals surface area contributed by atoms with E-state index < -0.39 is 0 Å². The number of aromatic amines is 1. The summed E-state index contributed by atoms with van der Waals surface area (Å²) in [6.45, 7) is 1.98. The van der Waals surface area contributed by atoms with Gasteiger partial charge in [-0.05, 0) is 42.0 Å². The van der Waals surface area contributed by atoms with Crippen LogP contribution in [-0.4, -0.2) is 28.0 Å². The van der Waals surface area contributed by atoms with Crippen molar-refractivity contribution in [3.63, 3.8) is 0 Å². The Bertz CT molecular complexity index is 1100. The van der Waals surface area contributed by atoms with Crippen molar-refractivity contribution in [1.82, 2.24) is 15.0 Å². The number of nitrogens with one attached hydrogen (secondary N) is 1. The van der Waals surface area contributed by atoms with Gasteiger partial charge in [-0.3, -0.25) is 0 Å². The first-order chi connectivity index (χ1) is 13.8. The molecule has 1 saturated heterocycles. The van der Waals surface area contributed by atoms with E-state index in [1.165, 1.54) is 5.56 Å². The molecule has 4 aromatic rings. The van der Waals surface area contributed by atoms with Gasteiger partial charge in [0.2, 0.25) is 0 Å². The Kier molecular flexibility index (Phi) is 4.49. The molecule has 1 aliphatic rings. The number of anilines is 1. The summed E-state index contributed by atoms with van der Waals surface area (Å²) in [6.07, 6.45) is 5.92. The van der Waals surface area contributed by atoms with Crippen LogP contribution in [0.25, 0.3) is 22.2 Å². The lowest BCUT2D eigenvalue weighted by atomic mass is 9.89. The first-order valence-corrected chi connectivity index (χ1v) is 10.1. The Morgan fingerprint density at radius 2 is 1.79 bits per heavy atom. The predicted octanol–water partition coefficient (Wildman–Crippen LogP) is 5.66. The maximum absolute atomic E-state index is 6.22. The molecule has 2 aromatic heterocycles. The van der Waals surface area contributed by atoms with Crippen molar-refractivity contribution in [2.75, 3.05) is 18.0 Å². The summed E-state index contributed by atoms with van der Waals surface area (Å²) in [6, 6.07) is 18.8. The van der Waals surface area contributed by atoms with Crippen molar-refractivity contribution < 1.29 is 0 Å². The van der Waals surface area contributed by atoms with E-state index in [2.05, 4.69) is 56.3 Å². The van der Waals surface area contributed by atoms with E-state index >= 15 is 0 Å². The summed E-state index contributed by atoms with van der Waals surface area (Å²) in [4.78, 5) is 14.8. The number of hydrogen-bond donors (Lipinski definition) is 1. The molecule has 0 unspecified atom stereocenters. The highest BCUT2D eigenvalue weighted by Crippen LogP contribution is 2.37. The number of benzene rings is 2. The maximum atomic E-state index is 6.22. The molecule has 0 atom stereocenters. The van der Waals surface area contributed by atoms with Gasteiger partial charge in [0.1, 0.15) is 17.8 Å². The second-order valence-electron chi connectivity index (χ2n) is 7.31. The largest absolute Gasteiger partial charge is 0.356 e. The van der Waals surface area contributed by atoms with Crippen LogP contribution in [0.4, 0.5) is 5.82 Å². The molecule has 0 spiro atoms. The Labute approximate surface area is 169 Å². The van der Waals surface area contributed by atoms with Crippen molar-refractivity contribution in [3.8, 4) is 11.1 Å². The monoisotopic (exact) mass is 388 g/mol. The third kappa shape index (κ3) is 3.14. The molecule has 4 nitrogen and oxygen atoms in total. The van der Waals surface area contributed by atoms with Crippen LogP contribution in [0.2, 0.25) is 5.02 Å². The van der Waals surface area contributed by atoms with Gasteiger partial charge in [0, 0.05) is 29.9 Å². The molecule has 0 saturated carbocycles. The number of halogens is 1. The Hall–Kier alpha value is -2.85. The van der Waals surface area contributed by atoms with Gasteiger partial charge in [0.05, 0.1) is 5.39 Å². The van der Waals surface area contributed by atoms with Crippen molar-refractivity contribution in [1.29, 1.82) is 0 Å². The number of aromatic nitrogens is 3. The number of H-pyrrole nitrogens is 1. The molecule has 0 amide bonds. The van der Waals surface area contributed by atoms with E-state index in [0.717, 1.165) is 58.9 Å². The van der Waals surface area contributed by atoms with E-state index in [1.807, 2.05) is 24.4 Å². The topological polar surface area (TPSA) is 44.8 Å². The molecule has 3 heterocycles. The minimum atomic E-state index is 0.619. The minimum absolute atomic E-state index is 0.619. The zero-order valence-corrected chi connectivity index (χ0v) is 16.2. The van der Waals surface area contributed by atoms with Crippen LogP contribution in [0.15, 0.2) is 67.1 Å². The molecule has 140 valence electrons. The zero-order chi connectivity index (χ0) is 18.9. The Balaban J connectivity index is 1.48. The lowest BCUT2D eigenvalue weighted by Crippen LogP contribution is -2.33. The summed E-state index contributed by atoms with van der Waals surface area (Å²) in [7, 11) is 0. The normalized spacial score (nSPS) is 15.2. The van der Waals surface area contributed by atoms with Gasteiger partial charge in [-0.2, -0.15) is 0 Å². The smallest absolute Gasteiger partial charge is 0.143 e. The number of piperidine rings is 1. The molecule has 5 heteroatoms. The van der Waals surface area contributed by atoms with Crippen molar-refractivity contribution >= 4 is 28.5 Å². The van der Waals surface area contributed by atoms with E-state index in [9.17, 15) is 0 Å². The summed E-state index contributed by atoms with van der Waals surface area (Å²) in [5.74, 6) is 1.63. The van der Waals surface area contributed by atoms with Crippen LogP contribution in [0, 0.1) is 0 Å². The second kappa shape index (κ2) is 7.28. The molecule has 2 aromatic carbocycles. The van der Waals surface area contributed by atoms with E-state index in [-0.39, 0.29) is 0 Å². The Morgan fingerprint density at radius 1 is 0.964 bits per heavy atom. The number of hydrogen-bond acceptors (Lipinski definition) is 3. The molecule has 1 aliphatic heterocycles. The fourth-order valence-corrected chi connectivity index (χ4v) is 4.41. The number of fused-ring (bicyclic) bond motifs is 1. The maximum Gasteiger partial charge on any atom is 0.143 e. The van der Waals surface area contributed by atoms with Gasteiger partial charge >= 0.3 is 0 Å². The van der Waals surface area contributed by atoms with Gasteiger partial charge in [0.25, 0.3) is 0 Å². The summed E-state index contributed by atoms with van der Waals surface area (Å²) >= 11 is 6.22. The quantitative estimate of drug-likeness (QED) is 0.492. The van der Waals surface area contributed by atoms with Crippen molar-refractivity contribution in [2.45, 2.75) is 18.8 Å². The molecular formula is C23H21ClN4. The molecular weight excluding hydrogens is 368 g/mol. The zero-order valence-electron chi connectivity index (χ0n) is 15.5. The number of rotatable bonds is 3. The lowest BCUT2D eigenvalue weighted by Gasteiger charge is -2.33. The van der Waals surface area contributed by atoms with Crippen molar-refractivity contribution in [2.24, 2.45) is 0 Å². The average Bonchev–Trinajstić information content (AvgIpc) is 3.19. The van der Waals surface area contributed by atoms with E-state index in [1.54, 1.807) is 6.33 Å². The lowest BCUT2D eigenvalue weighted by molar-refractivity contribution is 0.503. The van der Waals surface area contributed by atoms with Crippen LogP contribution in [-0.2, 0) is 0 Å².